The van der Waals surface area contributed by atoms with Crippen molar-refractivity contribution in [3.8, 4) is 5.75 Å². The van der Waals surface area contributed by atoms with E-state index in [2.05, 4.69) is 36.5 Å². The zero-order valence-electron chi connectivity index (χ0n) is 14.3. The van der Waals surface area contributed by atoms with Crippen molar-refractivity contribution in [3.63, 3.8) is 0 Å². The average molecular weight is 353 g/mol. The number of hydrogen-bond donors (Lipinski definition) is 1. The molecule has 0 aromatic heterocycles. The van der Waals surface area contributed by atoms with Crippen LogP contribution >= 0.6 is 12.4 Å². The summed E-state index contributed by atoms with van der Waals surface area (Å²) in [4.78, 5) is 4.78. The molecule has 3 aromatic rings. The normalized spacial score (nSPS) is 10.7. The van der Waals surface area contributed by atoms with Gasteiger partial charge in [-0.2, -0.15) is 0 Å². The summed E-state index contributed by atoms with van der Waals surface area (Å²) in [5.74, 6) is 1.63. The fourth-order valence-electron chi connectivity index (χ4n) is 2.32. The fraction of sp³-hybridized carbons (Fsp3) is 0.0952. The molecule has 0 aliphatic heterocycles. The second-order valence-electron chi connectivity index (χ2n) is 5.52. The predicted molar refractivity (Wildman–Crippen MR) is 108 cm³/mol. The first-order valence-electron chi connectivity index (χ1n) is 7.86. The Bertz CT molecular complexity index is 813. The topological polar surface area (TPSA) is 33.6 Å². The number of hydrogen-bond acceptors (Lipinski definition) is 2. The Hall–Kier alpha value is -2.78. The Morgan fingerprint density at radius 3 is 2.08 bits per heavy atom. The maximum atomic E-state index is 5.20. The lowest BCUT2D eigenvalue weighted by atomic mass is 10.1. The van der Waals surface area contributed by atoms with Crippen molar-refractivity contribution in [2.24, 2.45) is 4.99 Å². The number of benzene rings is 3. The molecule has 3 nitrogen and oxygen atoms in total. The van der Waals surface area contributed by atoms with Crippen molar-refractivity contribution >= 4 is 29.6 Å². The standard InChI is InChI=1S/C21H20N2O.ClH/c1-16-8-10-17(11-9-16)21(22-18-6-4-3-5-7-18)23-19-12-14-20(24-2)15-13-19;/h3-15H,1-2H3,(H,22,23);1H. The van der Waals surface area contributed by atoms with Crippen LogP contribution in [0.1, 0.15) is 11.1 Å². The van der Waals surface area contributed by atoms with E-state index in [1.807, 2.05) is 54.6 Å². The molecule has 0 fully saturated rings. The lowest BCUT2D eigenvalue weighted by molar-refractivity contribution is 0.415. The first kappa shape index (κ1) is 18.6. The van der Waals surface area contributed by atoms with Crippen molar-refractivity contribution in [1.82, 2.24) is 0 Å². The first-order valence-corrected chi connectivity index (χ1v) is 7.86. The number of rotatable bonds is 4. The molecule has 0 amide bonds. The van der Waals surface area contributed by atoms with Gasteiger partial charge < -0.3 is 10.1 Å². The molecule has 0 radical (unpaired) electrons. The molecule has 4 heteroatoms. The van der Waals surface area contributed by atoms with Crippen molar-refractivity contribution < 1.29 is 4.74 Å². The number of ether oxygens (including phenoxy) is 1. The van der Waals surface area contributed by atoms with Gasteiger partial charge in [0.15, 0.2) is 0 Å². The molecule has 1 N–H and O–H groups in total. The molecule has 0 atom stereocenters. The molecule has 25 heavy (non-hydrogen) atoms. The summed E-state index contributed by atoms with van der Waals surface area (Å²) in [5.41, 5.74) is 4.14. The zero-order chi connectivity index (χ0) is 16.8. The van der Waals surface area contributed by atoms with Gasteiger partial charge in [-0.25, -0.2) is 4.99 Å². The summed E-state index contributed by atoms with van der Waals surface area (Å²) < 4.78 is 5.20. The summed E-state index contributed by atoms with van der Waals surface area (Å²) in [5, 5.41) is 3.41. The lowest BCUT2D eigenvalue weighted by Crippen LogP contribution is -2.13. The number of methoxy groups -OCH3 is 1. The van der Waals surface area contributed by atoms with Crippen LogP contribution in [0.3, 0.4) is 0 Å². The highest BCUT2D eigenvalue weighted by Crippen LogP contribution is 2.20. The third kappa shape index (κ3) is 5.10. The summed E-state index contributed by atoms with van der Waals surface area (Å²) in [6.45, 7) is 2.08. The number of para-hydroxylation sites is 1. The van der Waals surface area contributed by atoms with Gasteiger partial charge in [0.05, 0.1) is 12.8 Å². The van der Waals surface area contributed by atoms with Gasteiger partial charge in [-0.1, -0.05) is 48.0 Å². The number of nitrogens with zero attached hydrogens (tertiary/aromatic N) is 1. The monoisotopic (exact) mass is 352 g/mol. The Kier molecular flexibility index (Phi) is 6.61. The number of amidine groups is 1. The van der Waals surface area contributed by atoms with E-state index < -0.39 is 0 Å². The van der Waals surface area contributed by atoms with Crippen LogP contribution in [-0.4, -0.2) is 12.9 Å². The third-order valence-electron chi connectivity index (χ3n) is 3.67. The Labute approximate surface area is 154 Å². The van der Waals surface area contributed by atoms with E-state index in [0.29, 0.717) is 0 Å². The van der Waals surface area contributed by atoms with Gasteiger partial charge in [-0.05, 0) is 43.3 Å². The number of halogens is 1. The van der Waals surface area contributed by atoms with Crippen molar-refractivity contribution in [1.29, 1.82) is 0 Å². The molecule has 3 aromatic carbocycles. The van der Waals surface area contributed by atoms with E-state index in [9.17, 15) is 0 Å². The molecule has 0 aliphatic carbocycles. The van der Waals surface area contributed by atoms with Crippen LogP contribution in [-0.2, 0) is 0 Å². The molecule has 128 valence electrons. The lowest BCUT2D eigenvalue weighted by Gasteiger charge is -2.11. The van der Waals surface area contributed by atoms with E-state index in [1.165, 1.54) is 5.56 Å². The highest BCUT2D eigenvalue weighted by atomic mass is 35.5. The zero-order valence-corrected chi connectivity index (χ0v) is 15.1. The molecule has 0 saturated carbocycles. The maximum absolute atomic E-state index is 5.20. The summed E-state index contributed by atoms with van der Waals surface area (Å²) in [6, 6.07) is 26.1. The maximum Gasteiger partial charge on any atom is 0.138 e. The van der Waals surface area contributed by atoms with Crippen LogP contribution in [0.4, 0.5) is 11.4 Å². The van der Waals surface area contributed by atoms with Crippen molar-refractivity contribution in [3.05, 3.63) is 90.0 Å². The number of aliphatic imine (C=N–C) groups is 1. The van der Waals surface area contributed by atoms with E-state index in [4.69, 9.17) is 9.73 Å². The average Bonchev–Trinajstić information content (AvgIpc) is 2.63. The van der Waals surface area contributed by atoms with Crippen molar-refractivity contribution in [2.75, 3.05) is 12.4 Å². The summed E-state index contributed by atoms with van der Waals surface area (Å²) >= 11 is 0. The quantitative estimate of drug-likeness (QED) is 0.488. The number of nitrogens with one attached hydrogen (secondary N) is 1. The van der Waals surface area contributed by atoms with Gasteiger partial charge in [0, 0.05) is 11.3 Å². The second-order valence-corrected chi connectivity index (χ2v) is 5.52. The van der Waals surface area contributed by atoms with Gasteiger partial charge in [0.25, 0.3) is 0 Å². The Morgan fingerprint density at radius 2 is 1.48 bits per heavy atom. The van der Waals surface area contributed by atoms with E-state index >= 15 is 0 Å². The van der Waals surface area contributed by atoms with Crippen LogP contribution in [0, 0.1) is 6.92 Å². The van der Waals surface area contributed by atoms with Crippen LogP contribution in [0.5, 0.6) is 5.75 Å². The van der Waals surface area contributed by atoms with E-state index in [-0.39, 0.29) is 12.4 Å². The number of anilines is 1. The van der Waals surface area contributed by atoms with Crippen LogP contribution < -0.4 is 10.1 Å². The molecule has 0 heterocycles. The molecule has 0 unspecified atom stereocenters. The van der Waals surface area contributed by atoms with E-state index in [1.54, 1.807) is 7.11 Å². The Morgan fingerprint density at radius 1 is 0.840 bits per heavy atom. The molecule has 0 spiro atoms. The van der Waals surface area contributed by atoms with Crippen molar-refractivity contribution in [2.45, 2.75) is 6.92 Å². The SMILES string of the molecule is COc1ccc(N=C(Nc2ccccc2)c2ccc(C)cc2)cc1.Cl. The molecule has 0 bridgehead atoms. The smallest absolute Gasteiger partial charge is 0.138 e. The van der Waals surface area contributed by atoms with Crippen LogP contribution in [0.25, 0.3) is 0 Å². The fourth-order valence-corrected chi connectivity index (χ4v) is 2.32. The van der Waals surface area contributed by atoms with Gasteiger partial charge in [-0.3, -0.25) is 0 Å². The predicted octanol–water partition coefficient (Wildman–Crippen LogP) is 5.62. The molecule has 0 saturated heterocycles. The summed E-state index contributed by atoms with van der Waals surface area (Å²) in [6.07, 6.45) is 0. The minimum atomic E-state index is 0. The highest BCUT2D eigenvalue weighted by molar-refractivity contribution is 6.09. The highest BCUT2D eigenvalue weighted by Gasteiger charge is 2.05. The van der Waals surface area contributed by atoms with Crippen LogP contribution in [0.2, 0.25) is 0 Å². The van der Waals surface area contributed by atoms with Crippen LogP contribution in [0.15, 0.2) is 83.9 Å². The first-order chi connectivity index (χ1) is 11.7. The molecule has 0 aliphatic rings. The van der Waals surface area contributed by atoms with Gasteiger partial charge in [-0.15, -0.1) is 12.4 Å². The largest absolute Gasteiger partial charge is 0.497 e. The molecule has 3 rings (SSSR count). The van der Waals surface area contributed by atoms with E-state index in [0.717, 1.165) is 28.5 Å². The minimum absolute atomic E-state index is 0. The Balaban J connectivity index is 0.00000225. The van der Waals surface area contributed by atoms with Gasteiger partial charge >= 0.3 is 0 Å². The number of aryl methyl sites for hydroxylation is 1. The summed E-state index contributed by atoms with van der Waals surface area (Å²) in [7, 11) is 1.66. The molecular formula is C21H21ClN2O. The third-order valence-corrected chi connectivity index (χ3v) is 3.67. The molecular weight excluding hydrogens is 332 g/mol. The van der Waals surface area contributed by atoms with Gasteiger partial charge in [0.1, 0.15) is 11.6 Å². The second kappa shape index (κ2) is 8.90. The minimum Gasteiger partial charge on any atom is -0.497 e. The van der Waals surface area contributed by atoms with Gasteiger partial charge in [0.2, 0.25) is 0 Å².